The molecule has 0 radical (unpaired) electrons. The average molecular weight is 453 g/mol. The van der Waals surface area contributed by atoms with Crippen molar-refractivity contribution in [2.24, 2.45) is 0 Å². The number of aromatic nitrogens is 2. The Balaban J connectivity index is 1.46. The summed E-state index contributed by atoms with van der Waals surface area (Å²) in [4.78, 5) is 11.9. The third kappa shape index (κ3) is 5.09. The van der Waals surface area contributed by atoms with Gasteiger partial charge in [0.1, 0.15) is 0 Å². The minimum absolute atomic E-state index is 0.0528. The van der Waals surface area contributed by atoms with Crippen molar-refractivity contribution in [3.05, 3.63) is 63.6 Å². The summed E-state index contributed by atoms with van der Waals surface area (Å²) in [6.07, 6.45) is 0.349. The predicted molar refractivity (Wildman–Crippen MR) is 106 cm³/mol. The summed E-state index contributed by atoms with van der Waals surface area (Å²) >= 11 is 10.9. The zero-order valence-corrected chi connectivity index (χ0v) is 16.8. The molecule has 0 aliphatic rings. The molecule has 0 saturated carbocycles. The monoisotopic (exact) mass is 451 g/mol. The Morgan fingerprint density at radius 3 is 2.73 bits per heavy atom. The van der Waals surface area contributed by atoms with Gasteiger partial charge in [-0.15, -0.1) is 10.2 Å². The van der Waals surface area contributed by atoms with Gasteiger partial charge < -0.3 is 9.73 Å². The maximum absolute atomic E-state index is 11.9. The molecule has 0 atom stereocenters. The quantitative estimate of drug-likeness (QED) is 0.514. The Bertz CT molecular complexity index is 903. The third-order valence-electron chi connectivity index (χ3n) is 3.50. The minimum atomic E-state index is -0.0528. The van der Waals surface area contributed by atoms with E-state index in [0.29, 0.717) is 34.9 Å². The van der Waals surface area contributed by atoms with Gasteiger partial charge in [0.15, 0.2) is 0 Å². The molecule has 1 N–H and O–H groups in total. The Morgan fingerprint density at radius 1 is 1.15 bits per heavy atom. The second-order valence-corrected chi connectivity index (χ2v) is 7.63. The van der Waals surface area contributed by atoms with Crippen LogP contribution in [0.25, 0.3) is 11.5 Å². The molecule has 0 unspecified atom stereocenters. The van der Waals surface area contributed by atoms with Crippen LogP contribution < -0.4 is 5.32 Å². The van der Waals surface area contributed by atoms with E-state index >= 15 is 0 Å². The maximum Gasteiger partial charge on any atom is 0.276 e. The molecule has 0 saturated heterocycles. The molecule has 1 aromatic heterocycles. The minimum Gasteiger partial charge on any atom is -0.411 e. The van der Waals surface area contributed by atoms with Gasteiger partial charge in [0.05, 0.1) is 5.56 Å². The number of thioether (sulfide) groups is 1. The third-order valence-corrected chi connectivity index (χ3v) is 5.38. The van der Waals surface area contributed by atoms with Crippen LogP contribution in [-0.2, 0) is 11.3 Å². The first-order chi connectivity index (χ1) is 12.6. The Kier molecular flexibility index (Phi) is 6.71. The molecule has 0 fully saturated rings. The highest BCUT2D eigenvalue weighted by atomic mass is 79.9. The molecule has 134 valence electrons. The number of halogens is 2. The van der Waals surface area contributed by atoms with E-state index in [0.717, 1.165) is 15.6 Å². The molecule has 0 aliphatic carbocycles. The van der Waals surface area contributed by atoms with Gasteiger partial charge in [-0.3, -0.25) is 4.79 Å². The summed E-state index contributed by atoms with van der Waals surface area (Å²) in [5.41, 5.74) is 1.73. The summed E-state index contributed by atoms with van der Waals surface area (Å²) < 4.78 is 6.53. The van der Waals surface area contributed by atoms with E-state index < -0.39 is 0 Å². The van der Waals surface area contributed by atoms with Crippen LogP contribution in [0.3, 0.4) is 0 Å². The van der Waals surface area contributed by atoms with Gasteiger partial charge in [-0.25, -0.2) is 0 Å². The fourth-order valence-corrected chi connectivity index (χ4v) is 3.52. The van der Waals surface area contributed by atoms with Crippen molar-refractivity contribution >= 4 is 45.2 Å². The number of hydrogen-bond donors (Lipinski definition) is 1. The molecule has 1 heterocycles. The highest BCUT2D eigenvalue weighted by Gasteiger charge is 2.12. The molecule has 3 rings (SSSR count). The van der Waals surface area contributed by atoms with E-state index in [4.69, 9.17) is 16.0 Å². The number of carbonyl (C=O) groups excluding carboxylic acids is 1. The molecule has 5 nitrogen and oxygen atoms in total. The van der Waals surface area contributed by atoms with Gasteiger partial charge in [-0.05, 0) is 39.7 Å². The molecule has 0 bridgehead atoms. The lowest BCUT2D eigenvalue weighted by atomic mass is 10.2. The van der Waals surface area contributed by atoms with E-state index in [-0.39, 0.29) is 5.91 Å². The molecule has 1 amide bonds. The average Bonchev–Trinajstić information content (AvgIpc) is 3.10. The van der Waals surface area contributed by atoms with E-state index in [2.05, 4.69) is 31.4 Å². The van der Waals surface area contributed by atoms with Gasteiger partial charge in [-0.2, -0.15) is 0 Å². The van der Waals surface area contributed by atoms with Gasteiger partial charge in [0, 0.05) is 28.2 Å². The van der Waals surface area contributed by atoms with Crippen LogP contribution in [0, 0.1) is 0 Å². The summed E-state index contributed by atoms with van der Waals surface area (Å²) in [7, 11) is 0. The van der Waals surface area contributed by atoms with Gasteiger partial charge in [0.25, 0.3) is 5.22 Å². The van der Waals surface area contributed by atoms with Crippen molar-refractivity contribution in [1.82, 2.24) is 15.5 Å². The van der Waals surface area contributed by atoms with E-state index in [9.17, 15) is 4.79 Å². The van der Waals surface area contributed by atoms with Crippen LogP contribution in [0.4, 0.5) is 0 Å². The molecule has 0 spiro atoms. The van der Waals surface area contributed by atoms with Gasteiger partial charge in [0.2, 0.25) is 11.8 Å². The van der Waals surface area contributed by atoms with E-state index in [1.165, 1.54) is 11.8 Å². The Hall–Kier alpha value is -1.83. The van der Waals surface area contributed by atoms with Crippen LogP contribution in [0.5, 0.6) is 0 Å². The van der Waals surface area contributed by atoms with Crippen molar-refractivity contribution in [2.45, 2.75) is 18.2 Å². The highest BCUT2D eigenvalue weighted by Crippen LogP contribution is 2.29. The topological polar surface area (TPSA) is 68.0 Å². The largest absolute Gasteiger partial charge is 0.411 e. The molecule has 3 aromatic rings. The smallest absolute Gasteiger partial charge is 0.276 e. The van der Waals surface area contributed by atoms with Crippen molar-refractivity contribution < 1.29 is 9.21 Å². The van der Waals surface area contributed by atoms with Crippen molar-refractivity contribution in [2.75, 3.05) is 5.75 Å². The molecular weight excluding hydrogens is 438 g/mol. The second kappa shape index (κ2) is 9.21. The Labute approximate surface area is 168 Å². The molecule has 26 heavy (non-hydrogen) atoms. The normalized spacial score (nSPS) is 10.7. The molecule has 2 aromatic carbocycles. The van der Waals surface area contributed by atoms with Crippen molar-refractivity contribution in [3.8, 4) is 11.5 Å². The zero-order chi connectivity index (χ0) is 18.4. The van der Waals surface area contributed by atoms with Gasteiger partial charge in [-0.1, -0.05) is 53.7 Å². The number of hydrogen-bond acceptors (Lipinski definition) is 5. The molecule has 0 aliphatic heterocycles. The number of amides is 1. The van der Waals surface area contributed by atoms with Crippen LogP contribution in [0.1, 0.15) is 12.0 Å². The fourth-order valence-electron chi connectivity index (χ4n) is 2.17. The number of rotatable bonds is 7. The van der Waals surface area contributed by atoms with Gasteiger partial charge >= 0.3 is 0 Å². The lowest BCUT2D eigenvalue weighted by molar-refractivity contribution is -0.120. The van der Waals surface area contributed by atoms with Crippen LogP contribution in [-0.4, -0.2) is 21.9 Å². The molecule has 8 heteroatoms. The van der Waals surface area contributed by atoms with Crippen LogP contribution in [0.2, 0.25) is 5.02 Å². The summed E-state index contributed by atoms with van der Waals surface area (Å²) in [5, 5.41) is 12.0. The first-order valence-electron chi connectivity index (χ1n) is 7.85. The standard InChI is InChI=1S/C18H15BrClN3O2S/c19-14-7-3-2-6-13(14)17-22-23-18(25-17)26-10-9-16(24)21-11-12-5-1-4-8-15(12)20/h1-8H,9-11H2,(H,21,24). The van der Waals surface area contributed by atoms with E-state index in [1.54, 1.807) is 6.07 Å². The first-order valence-corrected chi connectivity index (χ1v) is 10.0. The maximum atomic E-state index is 11.9. The first kappa shape index (κ1) is 18.9. The number of benzene rings is 2. The number of nitrogens with zero attached hydrogens (tertiary/aromatic N) is 2. The van der Waals surface area contributed by atoms with Crippen molar-refractivity contribution in [3.63, 3.8) is 0 Å². The number of carbonyl (C=O) groups is 1. The van der Waals surface area contributed by atoms with Crippen molar-refractivity contribution in [1.29, 1.82) is 0 Å². The number of nitrogens with one attached hydrogen (secondary N) is 1. The van der Waals surface area contributed by atoms with E-state index in [1.807, 2.05) is 42.5 Å². The molecular formula is C18H15BrClN3O2S. The lowest BCUT2D eigenvalue weighted by Crippen LogP contribution is -2.23. The SMILES string of the molecule is O=C(CCSc1nnc(-c2ccccc2Br)o1)NCc1ccccc1Cl. The summed E-state index contributed by atoms with van der Waals surface area (Å²) in [6, 6.07) is 15.1. The van der Waals surface area contributed by atoms with Crippen LogP contribution in [0.15, 0.2) is 62.6 Å². The predicted octanol–water partition coefficient (Wildman–Crippen LogP) is 4.95. The highest BCUT2D eigenvalue weighted by molar-refractivity contribution is 9.10. The second-order valence-electron chi connectivity index (χ2n) is 5.32. The summed E-state index contributed by atoms with van der Waals surface area (Å²) in [5.74, 6) is 0.942. The lowest BCUT2D eigenvalue weighted by Gasteiger charge is -2.06. The summed E-state index contributed by atoms with van der Waals surface area (Å²) in [6.45, 7) is 0.413. The van der Waals surface area contributed by atoms with Crippen LogP contribution >= 0.6 is 39.3 Å². The zero-order valence-electron chi connectivity index (χ0n) is 13.6. The fraction of sp³-hybridized carbons (Fsp3) is 0.167. The Morgan fingerprint density at radius 2 is 1.92 bits per heavy atom.